The maximum atomic E-state index is 13.7. The molecule has 6 heteroatoms. The van der Waals surface area contributed by atoms with E-state index in [0.717, 1.165) is 18.2 Å². The van der Waals surface area contributed by atoms with Crippen molar-refractivity contribution in [1.29, 1.82) is 0 Å². The minimum Gasteiger partial charge on any atom is -0.396 e. The Morgan fingerprint density at radius 1 is 1.36 bits per heavy atom. The molecule has 122 valence electrons. The van der Waals surface area contributed by atoms with E-state index >= 15 is 0 Å². The first-order valence-electron chi connectivity index (χ1n) is 7.23. The van der Waals surface area contributed by atoms with Crippen LogP contribution in [-0.4, -0.2) is 47.8 Å². The van der Waals surface area contributed by atoms with E-state index in [-0.39, 0.29) is 43.1 Å². The van der Waals surface area contributed by atoms with Gasteiger partial charge in [-0.2, -0.15) is 0 Å². The highest BCUT2D eigenvalue weighted by molar-refractivity contribution is 5.82. The zero-order valence-corrected chi connectivity index (χ0v) is 12.7. The molecule has 2 rings (SSSR count). The SMILES string of the molecule is CN(CC(C)(CO)CO)C(=O)C1CC1c1cc(F)ccc1F. The molecule has 2 N–H and O–H groups in total. The lowest BCUT2D eigenvalue weighted by Crippen LogP contribution is -2.42. The maximum absolute atomic E-state index is 13.7. The summed E-state index contributed by atoms with van der Waals surface area (Å²) >= 11 is 0. The molecule has 1 fully saturated rings. The Hall–Kier alpha value is -1.53. The molecular weight excluding hydrogens is 292 g/mol. The Morgan fingerprint density at radius 2 is 2.00 bits per heavy atom. The van der Waals surface area contributed by atoms with Gasteiger partial charge in [0, 0.05) is 24.9 Å². The summed E-state index contributed by atoms with van der Waals surface area (Å²) in [5, 5.41) is 18.6. The van der Waals surface area contributed by atoms with Crippen molar-refractivity contribution in [2.75, 3.05) is 26.8 Å². The first-order valence-corrected chi connectivity index (χ1v) is 7.23. The van der Waals surface area contributed by atoms with E-state index in [1.165, 1.54) is 4.90 Å². The van der Waals surface area contributed by atoms with Gasteiger partial charge in [-0.15, -0.1) is 0 Å². The molecule has 1 aromatic rings. The summed E-state index contributed by atoms with van der Waals surface area (Å²) < 4.78 is 26.9. The number of amides is 1. The van der Waals surface area contributed by atoms with Crippen LogP contribution in [0.4, 0.5) is 8.78 Å². The molecule has 0 bridgehead atoms. The molecule has 1 aliphatic rings. The van der Waals surface area contributed by atoms with Crippen LogP contribution in [0.1, 0.15) is 24.8 Å². The third-order valence-electron chi connectivity index (χ3n) is 4.22. The molecule has 0 saturated heterocycles. The molecule has 0 aromatic heterocycles. The third kappa shape index (κ3) is 3.44. The first-order chi connectivity index (χ1) is 10.3. The van der Waals surface area contributed by atoms with Gasteiger partial charge >= 0.3 is 0 Å². The number of aliphatic hydroxyl groups is 2. The summed E-state index contributed by atoms with van der Waals surface area (Å²) in [4.78, 5) is 13.8. The van der Waals surface area contributed by atoms with E-state index in [1.54, 1.807) is 14.0 Å². The number of hydrogen-bond donors (Lipinski definition) is 2. The van der Waals surface area contributed by atoms with Gasteiger partial charge in [-0.25, -0.2) is 8.78 Å². The van der Waals surface area contributed by atoms with Crippen molar-refractivity contribution in [2.24, 2.45) is 11.3 Å². The number of benzene rings is 1. The molecular formula is C16H21F2NO3. The smallest absolute Gasteiger partial charge is 0.226 e. The van der Waals surface area contributed by atoms with E-state index in [2.05, 4.69) is 0 Å². The second kappa shape index (κ2) is 6.30. The molecule has 1 aliphatic carbocycles. The maximum Gasteiger partial charge on any atom is 0.226 e. The number of hydrogen-bond acceptors (Lipinski definition) is 3. The van der Waals surface area contributed by atoms with Crippen LogP contribution in [0.5, 0.6) is 0 Å². The van der Waals surface area contributed by atoms with Gasteiger partial charge < -0.3 is 15.1 Å². The van der Waals surface area contributed by atoms with Crippen molar-refractivity contribution in [2.45, 2.75) is 19.3 Å². The van der Waals surface area contributed by atoms with Gasteiger partial charge in [0.2, 0.25) is 5.91 Å². The largest absolute Gasteiger partial charge is 0.396 e. The minimum atomic E-state index is -0.779. The Balaban J connectivity index is 2.02. The number of aliphatic hydroxyl groups excluding tert-OH is 2. The number of nitrogens with zero attached hydrogens (tertiary/aromatic N) is 1. The monoisotopic (exact) mass is 313 g/mol. The van der Waals surface area contributed by atoms with Crippen LogP contribution in [-0.2, 0) is 4.79 Å². The number of halogens is 2. The van der Waals surface area contributed by atoms with Gasteiger partial charge in [0.1, 0.15) is 11.6 Å². The molecule has 2 atom stereocenters. The van der Waals surface area contributed by atoms with Gasteiger partial charge in [-0.05, 0) is 36.1 Å². The molecule has 4 nitrogen and oxygen atoms in total. The lowest BCUT2D eigenvalue weighted by molar-refractivity contribution is -0.133. The zero-order chi connectivity index (χ0) is 16.5. The average Bonchev–Trinajstić information content (AvgIpc) is 3.29. The van der Waals surface area contributed by atoms with Gasteiger partial charge in [0.25, 0.3) is 0 Å². The summed E-state index contributed by atoms with van der Waals surface area (Å²) in [6.07, 6.45) is 0.485. The predicted octanol–water partition coefficient (Wildman–Crippen LogP) is 1.52. The molecule has 0 aliphatic heterocycles. The van der Waals surface area contributed by atoms with Crippen molar-refractivity contribution >= 4 is 5.91 Å². The normalized spacial score (nSPS) is 20.8. The van der Waals surface area contributed by atoms with E-state index in [9.17, 15) is 23.8 Å². The summed E-state index contributed by atoms with van der Waals surface area (Å²) in [5.74, 6) is -1.87. The quantitative estimate of drug-likeness (QED) is 0.837. The highest BCUT2D eigenvalue weighted by Gasteiger charge is 2.47. The lowest BCUT2D eigenvalue weighted by Gasteiger charge is -2.30. The summed E-state index contributed by atoms with van der Waals surface area (Å²) in [5.41, 5.74) is -0.544. The number of rotatable bonds is 6. The van der Waals surface area contributed by atoms with Crippen LogP contribution in [0, 0.1) is 23.0 Å². The summed E-state index contributed by atoms with van der Waals surface area (Å²) in [7, 11) is 1.59. The van der Waals surface area contributed by atoms with Gasteiger partial charge in [0.15, 0.2) is 0 Å². The Labute approximate surface area is 128 Å². The van der Waals surface area contributed by atoms with E-state index in [1.807, 2.05) is 0 Å². The molecule has 22 heavy (non-hydrogen) atoms. The predicted molar refractivity (Wildman–Crippen MR) is 77.1 cm³/mol. The molecule has 1 saturated carbocycles. The van der Waals surface area contributed by atoms with E-state index in [0.29, 0.717) is 6.42 Å². The fourth-order valence-corrected chi connectivity index (χ4v) is 2.69. The van der Waals surface area contributed by atoms with Gasteiger partial charge in [-0.3, -0.25) is 4.79 Å². The second-order valence-electron chi connectivity index (χ2n) is 6.44. The van der Waals surface area contributed by atoms with E-state index in [4.69, 9.17) is 0 Å². The second-order valence-corrected chi connectivity index (χ2v) is 6.44. The molecule has 1 amide bonds. The Bertz CT molecular complexity index is 560. The van der Waals surface area contributed by atoms with Crippen LogP contribution < -0.4 is 0 Å². The summed E-state index contributed by atoms with van der Waals surface area (Å²) in [6, 6.07) is 3.26. The number of carbonyl (C=O) groups excluding carboxylic acids is 1. The molecule has 2 unspecified atom stereocenters. The minimum absolute atomic E-state index is 0.179. The molecule has 0 radical (unpaired) electrons. The highest BCUT2D eigenvalue weighted by atomic mass is 19.1. The van der Waals surface area contributed by atoms with Crippen molar-refractivity contribution in [3.63, 3.8) is 0 Å². The fraction of sp³-hybridized carbons (Fsp3) is 0.562. The van der Waals surface area contributed by atoms with Crippen molar-refractivity contribution in [3.8, 4) is 0 Å². The fourth-order valence-electron chi connectivity index (χ4n) is 2.69. The standard InChI is InChI=1S/C16H21F2NO3/c1-16(8-20,9-21)7-19(2)15(22)13-6-11(13)12-5-10(17)3-4-14(12)18/h3-5,11,13,20-21H,6-9H2,1-2H3. The highest BCUT2D eigenvalue weighted by Crippen LogP contribution is 2.49. The molecule has 1 aromatic carbocycles. The van der Waals surface area contributed by atoms with Crippen molar-refractivity contribution in [1.82, 2.24) is 4.90 Å². The average molecular weight is 313 g/mol. The zero-order valence-electron chi connectivity index (χ0n) is 12.7. The Morgan fingerprint density at radius 3 is 2.59 bits per heavy atom. The van der Waals surface area contributed by atoms with Crippen molar-refractivity contribution < 1.29 is 23.8 Å². The third-order valence-corrected chi connectivity index (χ3v) is 4.22. The van der Waals surface area contributed by atoms with Crippen LogP contribution in [0.3, 0.4) is 0 Å². The van der Waals surface area contributed by atoms with Crippen LogP contribution in [0.15, 0.2) is 18.2 Å². The van der Waals surface area contributed by atoms with Crippen LogP contribution in [0.25, 0.3) is 0 Å². The Kier molecular flexibility index (Phi) is 4.82. The van der Waals surface area contributed by atoms with Gasteiger partial charge in [-0.1, -0.05) is 6.92 Å². The molecule has 0 heterocycles. The lowest BCUT2D eigenvalue weighted by atomic mass is 9.92. The molecule has 0 spiro atoms. The topological polar surface area (TPSA) is 60.8 Å². The van der Waals surface area contributed by atoms with E-state index < -0.39 is 17.0 Å². The van der Waals surface area contributed by atoms with Gasteiger partial charge in [0.05, 0.1) is 13.2 Å². The number of carbonyl (C=O) groups is 1. The first kappa shape index (κ1) is 16.8. The summed E-state index contributed by atoms with van der Waals surface area (Å²) in [6.45, 7) is 1.39. The van der Waals surface area contributed by atoms with Crippen molar-refractivity contribution in [3.05, 3.63) is 35.4 Å². The van der Waals surface area contributed by atoms with Crippen LogP contribution in [0.2, 0.25) is 0 Å². The van der Waals surface area contributed by atoms with Crippen LogP contribution >= 0.6 is 0 Å².